The molecule has 0 aliphatic carbocycles. The molecule has 0 unspecified atom stereocenters. The van der Waals surface area contributed by atoms with Crippen molar-refractivity contribution in [3.8, 4) is 0 Å². The summed E-state index contributed by atoms with van der Waals surface area (Å²) in [5.74, 6) is -0.0252. The molecule has 0 bridgehead atoms. The van der Waals surface area contributed by atoms with E-state index in [1.165, 1.54) is 11.3 Å². The Labute approximate surface area is 150 Å². The van der Waals surface area contributed by atoms with Crippen LogP contribution in [-0.4, -0.2) is 35.0 Å². The van der Waals surface area contributed by atoms with Gasteiger partial charge in [0.15, 0.2) is 5.13 Å². The van der Waals surface area contributed by atoms with Crippen LogP contribution >= 0.6 is 11.3 Å². The molecule has 130 valence electrons. The molecule has 1 N–H and O–H groups in total. The molecule has 1 aliphatic rings. The number of nitrogens with one attached hydrogen (secondary N) is 1. The van der Waals surface area contributed by atoms with E-state index in [0.717, 1.165) is 16.1 Å². The third-order valence-corrected chi connectivity index (χ3v) is 4.74. The Morgan fingerprint density at radius 2 is 2.16 bits per heavy atom. The van der Waals surface area contributed by atoms with Gasteiger partial charge in [-0.1, -0.05) is 41.7 Å². The first-order valence-corrected chi connectivity index (χ1v) is 8.91. The molecule has 0 spiro atoms. The van der Waals surface area contributed by atoms with Crippen LogP contribution in [0.5, 0.6) is 0 Å². The van der Waals surface area contributed by atoms with Gasteiger partial charge in [-0.25, -0.2) is 9.78 Å². The number of hydrogen-bond donors (Lipinski definition) is 1. The normalized spacial score (nSPS) is 13.6. The number of anilines is 1. The molecule has 1 aromatic carbocycles. The number of benzene rings is 1. The van der Waals surface area contributed by atoms with Gasteiger partial charge in [-0.3, -0.25) is 10.1 Å². The quantitative estimate of drug-likeness (QED) is 0.852. The Bertz CT molecular complexity index is 786. The van der Waals surface area contributed by atoms with Crippen molar-refractivity contribution in [3.05, 3.63) is 52.5 Å². The maximum Gasteiger partial charge on any atom is 0.413 e. The highest BCUT2D eigenvalue weighted by molar-refractivity contribution is 7.15. The van der Waals surface area contributed by atoms with Gasteiger partial charge in [-0.15, -0.1) is 0 Å². The highest BCUT2D eigenvalue weighted by Crippen LogP contribution is 2.28. The number of rotatable bonds is 4. The fourth-order valence-electron chi connectivity index (χ4n) is 2.53. The average molecular weight is 357 g/mol. The smallest absolute Gasteiger partial charge is 0.413 e. The van der Waals surface area contributed by atoms with E-state index < -0.39 is 6.09 Å². The van der Waals surface area contributed by atoms with E-state index in [0.29, 0.717) is 31.2 Å². The molecule has 6 nitrogen and oxygen atoms in total. The van der Waals surface area contributed by atoms with Gasteiger partial charge >= 0.3 is 6.09 Å². The van der Waals surface area contributed by atoms with E-state index >= 15 is 0 Å². The number of nitrogens with zero attached hydrogens (tertiary/aromatic N) is 2. The minimum absolute atomic E-state index is 0.0252. The van der Waals surface area contributed by atoms with Gasteiger partial charge in [0.25, 0.3) is 0 Å². The van der Waals surface area contributed by atoms with Crippen LogP contribution in [0.4, 0.5) is 9.93 Å². The zero-order valence-corrected chi connectivity index (χ0v) is 14.7. The number of amides is 2. The average Bonchev–Trinajstić information content (AvgIpc) is 3.02. The van der Waals surface area contributed by atoms with E-state index in [-0.39, 0.29) is 5.91 Å². The molecule has 0 saturated heterocycles. The minimum Gasteiger partial charge on any atom is -0.450 e. The summed E-state index contributed by atoms with van der Waals surface area (Å²) in [5.41, 5.74) is 1.93. The summed E-state index contributed by atoms with van der Waals surface area (Å²) in [6.45, 7) is 3.19. The highest BCUT2D eigenvalue weighted by Gasteiger charge is 2.23. The van der Waals surface area contributed by atoms with Crippen molar-refractivity contribution >= 4 is 34.5 Å². The summed E-state index contributed by atoms with van der Waals surface area (Å²) in [6.07, 6.45) is 3.59. The summed E-state index contributed by atoms with van der Waals surface area (Å²) < 4.78 is 4.85. The second-order valence-corrected chi connectivity index (χ2v) is 6.57. The fourth-order valence-corrected chi connectivity index (χ4v) is 3.54. The minimum atomic E-state index is -0.507. The van der Waals surface area contributed by atoms with Crippen LogP contribution in [0.25, 0.3) is 6.08 Å². The Morgan fingerprint density at radius 3 is 2.92 bits per heavy atom. The third kappa shape index (κ3) is 4.45. The molecule has 2 amide bonds. The molecule has 0 radical (unpaired) electrons. The second-order valence-electron chi connectivity index (χ2n) is 5.49. The third-order valence-electron chi connectivity index (χ3n) is 3.75. The number of thiazole rings is 1. The highest BCUT2D eigenvalue weighted by atomic mass is 32.1. The monoisotopic (exact) mass is 357 g/mol. The van der Waals surface area contributed by atoms with Crippen molar-refractivity contribution in [1.29, 1.82) is 0 Å². The van der Waals surface area contributed by atoms with Crippen molar-refractivity contribution in [2.45, 2.75) is 19.9 Å². The molecule has 1 aromatic heterocycles. The zero-order valence-electron chi connectivity index (χ0n) is 13.9. The van der Waals surface area contributed by atoms with Crippen LogP contribution < -0.4 is 5.32 Å². The van der Waals surface area contributed by atoms with Gasteiger partial charge in [-0.05, 0) is 18.6 Å². The lowest BCUT2D eigenvalue weighted by atomic mass is 10.1. The summed E-state index contributed by atoms with van der Waals surface area (Å²) in [4.78, 5) is 31.1. The standard InChI is InChI=1S/C18H19N3O3S/c1-2-24-18(23)20-17-19-14-10-11-21(12-15(14)25-17)16(22)9-8-13-6-4-3-5-7-13/h3-9H,2,10-12H2,1H3,(H,19,20,23)/b9-8+. The van der Waals surface area contributed by atoms with Crippen LogP contribution in [0.3, 0.4) is 0 Å². The first-order chi connectivity index (χ1) is 12.2. The molecule has 0 saturated carbocycles. The molecule has 0 fully saturated rings. The summed E-state index contributed by atoms with van der Waals surface area (Å²) in [6, 6.07) is 9.72. The van der Waals surface area contributed by atoms with E-state index in [4.69, 9.17) is 4.74 Å². The van der Waals surface area contributed by atoms with Gasteiger partial charge in [0.1, 0.15) is 0 Å². The number of fused-ring (bicyclic) bond motifs is 1. The lowest BCUT2D eigenvalue weighted by Crippen LogP contribution is -2.34. The van der Waals surface area contributed by atoms with Crippen LogP contribution in [0.1, 0.15) is 23.1 Å². The maximum absolute atomic E-state index is 12.4. The van der Waals surface area contributed by atoms with Crippen molar-refractivity contribution in [2.24, 2.45) is 0 Å². The lowest BCUT2D eigenvalue weighted by molar-refractivity contribution is -0.126. The van der Waals surface area contributed by atoms with Crippen LogP contribution in [-0.2, 0) is 22.5 Å². The second kappa shape index (κ2) is 7.94. The zero-order chi connectivity index (χ0) is 17.6. The predicted octanol–water partition coefficient (Wildman–Crippen LogP) is 3.31. The molecule has 25 heavy (non-hydrogen) atoms. The fraction of sp³-hybridized carbons (Fsp3) is 0.278. The van der Waals surface area contributed by atoms with Crippen molar-refractivity contribution in [3.63, 3.8) is 0 Å². The molecule has 0 atom stereocenters. The van der Waals surface area contributed by atoms with Crippen LogP contribution in [0.15, 0.2) is 36.4 Å². The Morgan fingerprint density at radius 1 is 1.36 bits per heavy atom. The molecule has 2 heterocycles. The van der Waals surface area contributed by atoms with Crippen LogP contribution in [0.2, 0.25) is 0 Å². The molecule has 1 aliphatic heterocycles. The van der Waals surface area contributed by atoms with E-state index in [2.05, 4.69) is 10.3 Å². The largest absolute Gasteiger partial charge is 0.450 e. The summed E-state index contributed by atoms with van der Waals surface area (Å²) in [7, 11) is 0. The molecular weight excluding hydrogens is 338 g/mol. The molecule has 3 rings (SSSR count). The molecule has 7 heteroatoms. The Balaban J connectivity index is 1.62. The Kier molecular flexibility index (Phi) is 5.45. The van der Waals surface area contributed by atoms with Gasteiger partial charge in [0, 0.05) is 23.9 Å². The maximum atomic E-state index is 12.4. The topological polar surface area (TPSA) is 71.5 Å². The van der Waals surface area contributed by atoms with E-state index in [1.807, 2.05) is 36.4 Å². The molecular formula is C18H19N3O3S. The number of hydrogen-bond acceptors (Lipinski definition) is 5. The van der Waals surface area contributed by atoms with Crippen LogP contribution in [0, 0.1) is 0 Å². The van der Waals surface area contributed by atoms with Gasteiger partial charge in [-0.2, -0.15) is 0 Å². The molecule has 2 aromatic rings. The first-order valence-electron chi connectivity index (χ1n) is 8.10. The first kappa shape index (κ1) is 17.2. The SMILES string of the molecule is CCOC(=O)Nc1nc2c(s1)CN(C(=O)/C=C/c1ccccc1)CC2. The van der Waals surface area contributed by atoms with Crippen molar-refractivity contribution in [2.75, 3.05) is 18.5 Å². The predicted molar refractivity (Wildman–Crippen MR) is 97.4 cm³/mol. The number of ether oxygens (including phenoxy) is 1. The number of carbonyl (C=O) groups is 2. The van der Waals surface area contributed by atoms with Crippen molar-refractivity contribution < 1.29 is 14.3 Å². The Hall–Kier alpha value is -2.67. The summed E-state index contributed by atoms with van der Waals surface area (Å²) >= 11 is 1.38. The van der Waals surface area contributed by atoms with E-state index in [1.54, 1.807) is 17.9 Å². The number of carbonyl (C=O) groups excluding carboxylic acids is 2. The van der Waals surface area contributed by atoms with Crippen molar-refractivity contribution in [1.82, 2.24) is 9.88 Å². The van der Waals surface area contributed by atoms with Gasteiger partial charge in [0.2, 0.25) is 5.91 Å². The summed E-state index contributed by atoms with van der Waals surface area (Å²) in [5, 5.41) is 3.13. The van der Waals surface area contributed by atoms with Gasteiger partial charge < -0.3 is 9.64 Å². The number of aromatic nitrogens is 1. The lowest BCUT2D eigenvalue weighted by Gasteiger charge is -2.24. The van der Waals surface area contributed by atoms with Gasteiger partial charge in [0.05, 0.1) is 18.8 Å². The van der Waals surface area contributed by atoms with E-state index in [9.17, 15) is 9.59 Å².